The first-order valence-electron chi connectivity index (χ1n) is 9.01. The van der Waals surface area contributed by atoms with E-state index in [1.165, 1.54) is 16.2 Å². The monoisotopic (exact) mass is 394 g/mol. The largest absolute Gasteiger partial charge is 0.494 e. The van der Waals surface area contributed by atoms with Crippen LogP contribution in [0.25, 0.3) is 0 Å². The summed E-state index contributed by atoms with van der Waals surface area (Å²) >= 11 is 1.38. The molecule has 2 amide bonds. The lowest BCUT2D eigenvalue weighted by atomic mass is 10.1. The van der Waals surface area contributed by atoms with Gasteiger partial charge in [0, 0.05) is 19.2 Å². The van der Waals surface area contributed by atoms with Crippen LogP contribution in [-0.2, 0) is 6.54 Å². The molecular weight excluding hydrogens is 372 g/mol. The Morgan fingerprint density at radius 1 is 1.04 bits per heavy atom. The number of ether oxygens (including phenoxy) is 1. The first-order valence-corrected chi connectivity index (χ1v) is 9.89. The minimum atomic E-state index is -0.243. The second-order valence-corrected chi connectivity index (χ2v) is 7.03. The van der Waals surface area contributed by atoms with Gasteiger partial charge in [-0.05, 0) is 36.6 Å². The van der Waals surface area contributed by atoms with Crippen LogP contribution in [0.2, 0.25) is 0 Å². The van der Waals surface area contributed by atoms with E-state index in [0.29, 0.717) is 29.3 Å². The van der Waals surface area contributed by atoms with E-state index < -0.39 is 0 Å². The molecule has 1 aromatic heterocycles. The fraction of sp³-hybridized carbons (Fsp3) is 0.182. The maximum absolute atomic E-state index is 12.8. The van der Waals surface area contributed by atoms with Gasteiger partial charge in [-0.25, -0.2) is 0 Å². The molecule has 0 atom stereocenters. The van der Waals surface area contributed by atoms with E-state index in [-0.39, 0.29) is 11.8 Å². The van der Waals surface area contributed by atoms with Crippen LogP contribution in [-0.4, -0.2) is 25.5 Å². The summed E-state index contributed by atoms with van der Waals surface area (Å²) in [7, 11) is 1.68. The molecule has 5 nitrogen and oxygen atoms in total. The first-order chi connectivity index (χ1) is 13.6. The second kappa shape index (κ2) is 9.19. The Labute approximate surface area is 168 Å². The SMILES string of the molecule is CCOc1ccccc1CNC(=O)c1ccccc1N(C)C(=O)c1cccs1. The summed E-state index contributed by atoms with van der Waals surface area (Å²) in [6.45, 7) is 2.82. The third kappa shape index (κ3) is 4.40. The standard InChI is InChI=1S/C22H22N2O3S/c1-3-27-19-12-7-4-9-16(19)15-23-21(25)17-10-5-6-11-18(17)24(2)22(26)20-13-8-14-28-20/h4-14H,3,15H2,1-2H3,(H,23,25). The molecule has 0 aliphatic carbocycles. The number of anilines is 1. The van der Waals surface area contributed by atoms with Crippen LogP contribution < -0.4 is 15.0 Å². The zero-order valence-corrected chi connectivity index (χ0v) is 16.7. The van der Waals surface area contributed by atoms with Gasteiger partial charge in [0.25, 0.3) is 11.8 Å². The molecule has 0 spiro atoms. The molecule has 0 radical (unpaired) electrons. The zero-order valence-electron chi connectivity index (χ0n) is 15.8. The number of amides is 2. The minimum absolute atomic E-state index is 0.142. The topological polar surface area (TPSA) is 58.6 Å². The van der Waals surface area contributed by atoms with Crippen LogP contribution in [0.1, 0.15) is 32.5 Å². The third-order valence-electron chi connectivity index (χ3n) is 4.26. The summed E-state index contributed by atoms with van der Waals surface area (Å²) in [4.78, 5) is 27.6. The quantitative estimate of drug-likeness (QED) is 0.648. The number of carbonyl (C=O) groups excluding carboxylic acids is 2. The Balaban J connectivity index is 1.77. The zero-order chi connectivity index (χ0) is 19.9. The van der Waals surface area contributed by atoms with Crippen molar-refractivity contribution in [3.05, 3.63) is 82.0 Å². The highest BCUT2D eigenvalue weighted by molar-refractivity contribution is 7.12. The van der Waals surface area contributed by atoms with Gasteiger partial charge in [-0.15, -0.1) is 11.3 Å². The molecule has 2 aromatic carbocycles. The van der Waals surface area contributed by atoms with E-state index in [1.54, 1.807) is 31.3 Å². The number of rotatable bonds is 7. The Morgan fingerprint density at radius 3 is 2.54 bits per heavy atom. The van der Waals surface area contributed by atoms with E-state index in [1.807, 2.05) is 48.7 Å². The lowest BCUT2D eigenvalue weighted by Crippen LogP contribution is -2.30. The maximum atomic E-state index is 12.8. The lowest BCUT2D eigenvalue weighted by Gasteiger charge is -2.20. The van der Waals surface area contributed by atoms with Gasteiger partial charge in [0.05, 0.1) is 22.7 Å². The van der Waals surface area contributed by atoms with Gasteiger partial charge in [-0.3, -0.25) is 9.59 Å². The number of carbonyl (C=O) groups is 2. The van der Waals surface area contributed by atoms with Crippen molar-refractivity contribution in [2.45, 2.75) is 13.5 Å². The summed E-state index contributed by atoms with van der Waals surface area (Å²) in [6, 6.07) is 18.3. The Kier molecular flexibility index (Phi) is 6.45. The van der Waals surface area contributed by atoms with Crippen molar-refractivity contribution < 1.29 is 14.3 Å². The van der Waals surface area contributed by atoms with E-state index in [9.17, 15) is 9.59 Å². The summed E-state index contributed by atoms with van der Waals surface area (Å²) in [6.07, 6.45) is 0. The molecule has 6 heteroatoms. The van der Waals surface area contributed by atoms with Crippen molar-refractivity contribution in [2.75, 3.05) is 18.6 Å². The molecule has 0 saturated heterocycles. The molecule has 1 heterocycles. The van der Waals surface area contributed by atoms with Crippen molar-refractivity contribution in [3.8, 4) is 5.75 Å². The normalized spacial score (nSPS) is 10.4. The van der Waals surface area contributed by atoms with Crippen LogP contribution in [0, 0.1) is 0 Å². The number of hydrogen-bond acceptors (Lipinski definition) is 4. The first kappa shape index (κ1) is 19.6. The van der Waals surface area contributed by atoms with E-state index in [0.717, 1.165) is 11.3 Å². The van der Waals surface area contributed by atoms with Gasteiger partial charge in [0.2, 0.25) is 0 Å². The van der Waals surface area contributed by atoms with Gasteiger partial charge in [0.1, 0.15) is 5.75 Å². The van der Waals surface area contributed by atoms with Crippen molar-refractivity contribution in [3.63, 3.8) is 0 Å². The van der Waals surface area contributed by atoms with Crippen LogP contribution in [0.5, 0.6) is 5.75 Å². The highest BCUT2D eigenvalue weighted by Gasteiger charge is 2.20. The predicted molar refractivity (Wildman–Crippen MR) is 112 cm³/mol. The minimum Gasteiger partial charge on any atom is -0.494 e. The van der Waals surface area contributed by atoms with Crippen LogP contribution >= 0.6 is 11.3 Å². The molecule has 0 saturated carbocycles. The number of hydrogen-bond donors (Lipinski definition) is 1. The second-order valence-electron chi connectivity index (χ2n) is 6.08. The number of thiophene rings is 1. The summed E-state index contributed by atoms with van der Waals surface area (Å²) in [5.74, 6) is 0.369. The molecule has 0 aliphatic rings. The molecule has 0 fully saturated rings. The molecule has 1 N–H and O–H groups in total. The summed E-state index contributed by atoms with van der Waals surface area (Å²) < 4.78 is 5.61. The van der Waals surface area contributed by atoms with Crippen molar-refractivity contribution in [2.24, 2.45) is 0 Å². The van der Waals surface area contributed by atoms with Gasteiger partial charge in [-0.1, -0.05) is 36.4 Å². The predicted octanol–water partition coefficient (Wildman–Crippen LogP) is 4.35. The number of nitrogens with one attached hydrogen (secondary N) is 1. The smallest absolute Gasteiger partial charge is 0.268 e. The van der Waals surface area contributed by atoms with Crippen molar-refractivity contribution >= 4 is 28.8 Å². The van der Waals surface area contributed by atoms with Crippen LogP contribution in [0.3, 0.4) is 0 Å². The molecule has 144 valence electrons. The number of benzene rings is 2. The molecule has 3 rings (SSSR count). The van der Waals surface area contributed by atoms with Gasteiger partial charge >= 0.3 is 0 Å². The molecule has 28 heavy (non-hydrogen) atoms. The van der Waals surface area contributed by atoms with Crippen molar-refractivity contribution in [1.82, 2.24) is 5.32 Å². The third-order valence-corrected chi connectivity index (χ3v) is 5.12. The molecule has 3 aromatic rings. The maximum Gasteiger partial charge on any atom is 0.268 e. The van der Waals surface area contributed by atoms with Gasteiger partial charge in [-0.2, -0.15) is 0 Å². The van der Waals surface area contributed by atoms with Gasteiger partial charge in [0.15, 0.2) is 0 Å². The molecule has 0 unspecified atom stereocenters. The molecule has 0 bridgehead atoms. The fourth-order valence-electron chi connectivity index (χ4n) is 2.85. The highest BCUT2D eigenvalue weighted by atomic mass is 32.1. The molecule has 0 aliphatic heterocycles. The average molecular weight is 394 g/mol. The van der Waals surface area contributed by atoms with E-state index in [4.69, 9.17) is 4.74 Å². The Morgan fingerprint density at radius 2 is 1.79 bits per heavy atom. The highest BCUT2D eigenvalue weighted by Crippen LogP contribution is 2.23. The van der Waals surface area contributed by atoms with Crippen LogP contribution in [0.4, 0.5) is 5.69 Å². The van der Waals surface area contributed by atoms with Crippen molar-refractivity contribution in [1.29, 1.82) is 0 Å². The van der Waals surface area contributed by atoms with E-state index >= 15 is 0 Å². The van der Waals surface area contributed by atoms with Crippen LogP contribution in [0.15, 0.2) is 66.0 Å². The van der Waals surface area contributed by atoms with Gasteiger partial charge < -0.3 is 15.0 Å². The fourth-order valence-corrected chi connectivity index (χ4v) is 3.55. The Bertz CT molecular complexity index is 954. The molecular formula is C22H22N2O3S. The van der Waals surface area contributed by atoms with E-state index in [2.05, 4.69) is 5.32 Å². The number of nitrogens with zero attached hydrogens (tertiary/aromatic N) is 1. The average Bonchev–Trinajstić information content (AvgIpc) is 3.27. The Hall–Kier alpha value is -3.12. The lowest BCUT2D eigenvalue weighted by molar-refractivity contribution is 0.0951. The number of para-hydroxylation sites is 2. The summed E-state index contributed by atoms with van der Waals surface area (Å²) in [5.41, 5.74) is 1.92. The summed E-state index contributed by atoms with van der Waals surface area (Å²) in [5, 5.41) is 4.79.